The van der Waals surface area contributed by atoms with Gasteiger partial charge in [0.2, 0.25) is 0 Å². The number of hydrogen-bond acceptors (Lipinski definition) is 2. The highest BCUT2D eigenvalue weighted by molar-refractivity contribution is 7.84. The summed E-state index contributed by atoms with van der Waals surface area (Å²) in [4.78, 5) is 11.6. The first-order valence-corrected chi connectivity index (χ1v) is 8.35. The number of carboxylic acid groups (broad SMARTS) is 1. The van der Waals surface area contributed by atoms with E-state index in [1.54, 1.807) is 0 Å². The summed E-state index contributed by atoms with van der Waals surface area (Å²) in [5.74, 6) is -1.45. The van der Waals surface area contributed by atoms with E-state index < -0.39 is 27.6 Å². The molecule has 0 aliphatic heterocycles. The fraction of sp³-hybridized carbons (Fsp3) is 0.562. The Bertz CT molecular complexity index is 482. The van der Waals surface area contributed by atoms with Crippen molar-refractivity contribution in [3.05, 3.63) is 35.9 Å². The van der Waals surface area contributed by atoms with Crippen molar-refractivity contribution in [1.82, 2.24) is 4.72 Å². The topological polar surface area (TPSA) is 66.4 Å². The highest BCUT2D eigenvalue weighted by atomic mass is 32.2. The lowest BCUT2D eigenvalue weighted by molar-refractivity contribution is -0.142. The Kier molecular flexibility index (Phi) is 6.55. The molecule has 0 spiro atoms. The van der Waals surface area contributed by atoms with Crippen LogP contribution in [0.3, 0.4) is 0 Å². The third-order valence-electron chi connectivity index (χ3n) is 3.36. The Morgan fingerprint density at radius 3 is 2.29 bits per heavy atom. The van der Waals surface area contributed by atoms with Crippen molar-refractivity contribution in [3.8, 4) is 0 Å². The maximum absolute atomic E-state index is 12.2. The molecule has 5 heteroatoms. The van der Waals surface area contributed by atoms with Crippen LogP contribution in [0, 0.1) is 5.92 Å². The summed E-state index contributed by atoms with van der Waals surface area (Å²) in [6, 6.07) is 9.23. The van der Waals surface area contributed by atoms with Crippen molar-refractivity contribution in [2.75, 3.05) is 0 Å². The van der Waals surface area contributed by atoms with Crippen LogP contribution in [0.5, 0.6) is 0 Å². The molecule has 0 radical (unpaired) electrons. The van der Waals surface area contributed by atoms with Crippen LogP contribution in [0.25, 0.3) is 0 Å². The summed E-state index contributed by atoms with van der Waals surface area (Å²) in [6.45, 7) is 7.53. The standard InChI is InChI=1S/C16H25NO3S/c1-5-14(17-21(20)16(2,3)4)13(15(18)19)11-12-9-7-6-8-10-12/h6-10,13-14,17H,5,11H2,1-4H3,(H,18,19)/t13-,14+,21+/m0/s1. The highest BCUT2D eigenvalue weighted by Crippen LogP contribution is 2.18. The second kappa shape index (κ2) is 7.71. The average molecular weight is 311 g/mol. The Labute approximate surface area is 129 Å². The second-order valence-electron chi connectivity index (χ2n) is 6.15. The number of aliphatic carboxylic acids is 1. The molecule has 3 atom stereocenters. The van der Waals surface area contributed by atoms with Gasteiger partial charge >= 0.3 is 5.97 Å². The number of carbonyl (C=O) groups is 1. The second-order valence-corrected chi connectivity index (χ2v) is 8.15. The van der Waals surface area contributed by atoms with Gasteiger partial charge in [-0.05, 0) is 39.2 Å². The number of carboxylic acids is 1. The highest BCUT2D eigenvalue weighted by Gasteiger charge is 2.31. The van der Waals surface area contributed by atoms with Crippen LogP contribution < -0.4 is 4.72 Å². The molecule has 0 aliphatic carbocycles. The first kappa shape index (κ1) is 17.9. The summed E-state index contributed by atoms with van der Waals surface area (Å²) in [5.41, 5.74) is 0.978. The number of nitrogens with one attached hydrogen (secondary N) is 1. The first-order chi connectivity index (χ1) is 9.75. The summed E-state index contributed by atoms with van der Waals surface area (Å²) in [7, 11) is -1.28. The fourth-order valence-corrected chi connectivity index (χ4v) is 2.99. The summed E-state index contributed by atoms with van der Waals surface area (Å²) in [5, 5.41) is 9.51. The van der Waals surface area contributed by atoms with E-state index in [1.165, 1.54) is 0 Å². The number of benzene rings is 1. The van der Waals surface area contributed by atoms with Crippen LogP contribution in [0.1, 0.15) is 39.7 Å². The minimum Gasteiger partial charge on any atom is -0.481 e. The van der Waals surface area contributed by atoms with Gasteiger partial charge < -0.3 is 5.11 Å². The van der Waals surface area contributed by atoms with Crippen molar-refractivity contribution >= 4 is 17.0 Å². The Morgan fingerprint density at radius 1 is 1.29 bits per heavy atom. The zero-order valence-corrected chi connectivity index (χ0v) is 13.9. The van der Waals surface area contributed by atoms with Gasteiger partial charge in [-0.25, -0.2) is 8.93 Å². The molecule has 0 saturated heterocycles. The molecule has 0 fully saturated rings. The van der Waals surface area contributed by atoms with Gasteiger partial charge in [-0.2, -0.15) is 0 Å². The van der Waals surface area contributed by atoms with Crippen LogP contribution in [0.4, 0.5) is 0 Å². The van der Waals surface area contributed by atoms with Crippen LogP contribution >= 0.6 is 0 Å². The van der Waals surface area contributed by atoms with E-state index in [1.807, 2.05) is 58.0 Å². The van der Waals surface area contributed by atoms with Gasteiger partial charge in [0.1, 0.15) is 0 Å². The summed E-state index contributed by atoms with van der Waals surface area (Å²) in [6.07, 6.45) is 1.05. The molecule has 21 heavy (non-hydrogen) atoms. The molecular formula is C16H25NO3S. The van der Waals surface area contributed by atoms with E-state index in [4.69, 9.17) is 0 Å². The lowest BCUT2D eigenvalue weighted by Gasteiger charge is -2.27. The zero-order valence-electron chi connectivity index (χ0n) is 13.1. The lowest BCUT2D eigenvalue weighted by atomic mass is 9.91. The molecule has 0 unspecified atom stereocenters. The predicted octanol–water partition coefficient (Wildman–Crippen LogP) is 2.76. The molecule has 1 aromatic carbocycles. The normalized spacial score (nSPS) is 16.2. The van der Waals surface area contributed by atoms with Crippen molar-refractivity contribution < 1.29 is 14.1 Å². The smallest absolute Gasteiger partial charge is 0.308 e. The van der Waals surface area contributed by atoms with Crippen molar-refractivity contribution in [1.29, 1.82) is 0 Å². The Morgan fingerprint density at radius 2 is 1.86 bits per heavy atom. The summed E-state index contributed by atoms with van der Waals surface area (Å²) >= 11 is 0. The van der Waals surface area contributed by atoms with E-state index >= 15 is 0 Å². The number of rotatable bonds is 7. The predicted molar refractivity (Wildman–Crippen MR) is 86.4 cm³/mol. The minimum absolute atomic E-state index is 0.317. The van der Waals surface area contributed by atoms with Gasteiger partial charge in [0.15, 0.2) is 0 Å². The molecule has 0 aliphatic rings. The number of hydrogen-bond donors (Lipinski definition) is 2. The summed E-state index contributed by atoms with van der Waals surface area (Å²) < 4.78 is 14.8. The minimum atomic E-state index is -1.28. The van der Waals surface area contributed by atoms with E-state index in [-0.39, 0.29) is 6.04 Å². The first-order valence-electron chi connectivity index (χ1n) is 7.20. The van der Waals surface area contributed by atoms with E-state index in [9.17, 15) is 14.1 Å². The fourth-order valence-electron chi connectivity index (χ4n) is 2.03. The molecule has 0 amide bonds. The molecule has 0 bridgehead atoms. The third kappa shape index (κ3) is 5.59. The maximum atomic E-state index is 12.2. The third-order valence-corrected chi connectivity index (χ3v) is 4.98. The largest absolute Gasteiger partial charge is 0.481 e. The molecule has 1 aromatic rings. The maximum Gasteiger partial charge on any atom is 0.308 e. The molecular weight excluding hydrogens is 286 g/mol. The van der Waals surface area contributed by atoms with Gasteiger partial charge in [-0.3, -0.25) is 4.79 Å². The Balaban J connectivity index is 2.86. The van der Waals surface area contributed by atoms with Crippen LogP contribution in [0.15, 0.2) is 30.3 Å². The van der Waals surface area contributed by atoms with Gasteiger partial charge in [0, 0.05) is 6.04 Å². The molecule has 1 rings (SSSR count). The van der Waals surface area contributed by atoms with E-state index in [2.05, 4.69) is 4.72 Å². The molecule has 4 nitrogen and oxygen atoms in total. The van der Waals surface area contributed by atoms with Crippen LogP contribution in [0.2, 0.25) is 0 Å². The lowest BCUT2D eigenvalue weighted by Crippen LogP contribution is -2.46. The molecule has 0 aromatic heterocycles. The van der Waals surface area contributed by atoms with Crippen molar-refractivity contribution in [3.63, 3.8) is 0 Å². The quantitative estimate of drug-likeness (QED) is 0.813. The van der Waals surface area contributed by atoms with Crippen LogP contribution in [-0.4, -0.2) is 26.1 Å². The molecule has 2 N–H and O–H groups in total. The van der Waals surface area contributed by atoms with Crippen molar-refractivity contribution in [2.45, 2.75) is 51.3 Å². The average Bonchev–Trinajstić information content (AvgIpc) is 2.42. The van der Waals surface area contributed by atoms with Gasteiger partial charge in [-0.15, -0.1) is 0 Å². The van der Waals surface area contributed by atoms with Crippen molar-refractivity contribution in [2.24, 2.45) is 5.92 Å². The van der Waals surface area contributed by atoms with E-state index in [0.29, 0.717) is 12.8 Å². The Hall–Kier alpha value is -1.20. The van der Waals surface area contributed by atoms with Gasteiger partial charge in [-0.1, -0.05) is 37.3 Å². The van der Waals surface area contributed by atoms with E-state index in [0.717, 1.165) is 5.56 Å². The van der Waals surface area contributed by atoms with Gasteiger partial charge in [0.05, 0.1) is 21.7 Å². The van der Waals surface area contributed by atoms with Gasteiger partial charge in [0.25, 0.3) is 0 Å². The monoisotopic (exact) mass is 311 g/mol. The zero-order chi connectivity index (χ0) is 16.0. The van der Waals surface area contributed by atoms with Crippen LogP contribution in [-0.2, 0) is 22.2 Å². The molecule has 0 saturated carbocycles. The molecule has 118 valence electrons. The molecule has 0 heterocycles. The SMILES string of the molecule is CC[C@@H](N[S@](=O)C(C)(C)C)[C@H](Cc1ccccc1)C(=O)O.